The molecule has 0 saturated heterocycles. The molecule has 9 heteroatoms. The van der Waals surface area contributed by atoms with E-state index < -0.39 is 21.8 Å². The van der Waals surface area contributed by atoms with Crippen LogP contribution in [-0.4, -0.2) is 33.7 Å². The van der Waals surface area contributed by atoms with Gasteiger partial charge in [-0.1, -0.05) is 6.08 Å². The van der Waals surface area contributed by atoms with E-state index in [2.05, 4.69) is 9.46 Å². The van der Waals surface area contributed by atoms with Crippen LogP contribution in [-0.2, 0) is 19.6 Å². The van der Waals surface area contributed by atoms with Crippen molar-refractivity contribution >= 4 is 16.0 Å². The Morgan fingerprint density at radius 1 is 1.17 bits per heavy atom. The van der Waals surface area contributed by atoms with Gasteiger partial charge in [0.05, 0.1) is 17.9 Å². The molecule has 0 aromatic rings. The van der Waals surface area contributed by atoms with Gasteiger partial charge in [-0.3, -0.25) is 4.79 Å². The van der Waals surface area contributed by atoms with Crippen molar-refractivity contribution in [2.75, 3.05) is 7.11 Å². The molecular formula is C15H20F3NO4S. The first-order valence-electron chi connectivity index (χ1n) is 7.70. The Balaban J connectivity index is 1.97. The fourth-order valence-electron chi connectivity index (χ4n) is 2.99. The summed E-state index contributed by atoms with van der Waals surface area (Å²) in [5.41, 5.74) is -0.722. The molecule has 0 aromatic carbocycles. The fraction of sp³-hybridized carbons (Fsp3) is 0.667. The van der Waals surface area contributed by atoms with Gasteiger partial charge in [-0.2, -0.15) is 13.2 Å². The zero-order chi connectivity index (χ0) is 18.0. The molecule has 0 aliphatic heterocycles. The standard InChI is InChI=1S/C15H20F3NO4S/c1-23-14(20)10-2-6-12(7-3-10)19-24(21,22)13-8-4-11(5-9-13)15(16,17)18/h4,8,10,12,19H,2-3,5-7,9H2,1H3/t10-,12-. The van der Waals surface area contributed by atoms with Crippen LogP contribution in [0.3, 0.4) is 0 Å². The summed E-state index contributed by atoms with van der Waals surface area (Å²) in [5, 5.41) is 0. The average Bonchev–Trinajstić information content (AvgIpc) is 2.54. The van der Waals surface area contributed by atoms with Gasteiger partial charge >= 0.3 is 12.1 Å². The molecule has 2 aliphatic rings. The monoisotopic (exact) mass is 367 g/mol. The fourth-order valence-corrected chi connectivity index (χ4v) is 4.43. The number of methoxy groups -OCH3 is 1. The summed E-state index contributed by atoms with van der Waals surface area (Å²) in [6.07, 6.45) is -1.05. The highest BCUT2D eigenvalue weighted by Gasteiger charge is 2.36. The van der Waals surface area contributed by atoms with E-state index in [1.807, 2.05) is 0 Å². The summed E-state index contributed by atoms with van der Waals surface area (Å²) < 4.78 is 69.5. The minimum Gasteiger partial charge on any atom is -0.469 e. The number of hydrogen-bond acceptors (Lipinski definition) is 4. The molecule has 0 unspecified atom stereocenters. The Morgan fingerprint density at radius 2 is 1.79 bits per heavy atom. The van der Waals surface area contributed by atoms with Crippen LogP contribution in [0.5, 0.6) is 0 Å². The zero-order valence-corrected chi connectivity index (χ0v) is 14.0. The van der Waals surface area contributed by atoms with Gasteiger partial charge in [0.1, 0.15) is 0 Å². The normalized spacial score (nSPS) is 25.7. The lowest BCUT2D eigenvalue weighted by Gasteiger charge is -2.28. The number of hydrogen-bond donors (Lipinski definition) is 1. The summed E-state index contributed by atoms with van der Waals surface area (Å²) in [5.74, 6) is -0.516. The van der Waals surface area contributed by atoms with Gasteiger partial charge in [-0.05, 0) is 44.6 Å². The van der Waals surface area contributed by atoms with Crippen LogP contribution in [0, 0.1) is 5.92 Å². The maximum Gasteiger partial charge on any atom is 0.412 e. The highest BCUT2D eigenvalue weighted by atomic mass is 32.2. The van der Waals surface area contributed by atoms with Gasteiger partial charge in [0.15, 0.2) is 0 Å². The number of rotatable bonds is 4. The molecule has 1 N–H and O–H groups in total. The number of carbonyl (C=O) groups is 1. The van der Waals surface area contributed by atoms with Crippen LogP contribution < -0.4 is 4.72 Å². The average molecular weight is 367 g/mol. The van der Waals surface area contributed by atoms with Crippen LogP contribution in [0.25, 0.3) is 0 Å². The predicted octanol–water partition coefficient (Wildman–Crippen LogP) is 2.80. The zero-order valence-electron chi connectivity index (χ0n) is 13.2. The van der Waals surface area contributed by atoms with Gasteiger partial charge < -0.3 is 4.74 Å². The van der Waals surface area contributed by atoms with Gasteiger partial charge in [-0.15, -0.1) is 0 Å². The second-order valence-corrected chi connectivity index (χ2v) is 7.78. The lowest BCUT2D eigenvalue weighted by atomic mass is 9.86. The number of allylic oxidation sites excluding steroid dienone is 4. The number of alkyl halides is 3. The molecule has 0 atom stereocenters. The minimum atomic E-state index is -4.43. The van der Waals surface area contributed by atoms with E-state index in [0.29, 0.717) is 25.7 Å². The highest BCUT2D eigenvalue weighted by molar-refractivity contribution is 7.93. The summed E-state index contributed by atoms with van der Waals surface area (Å²) in [6, 6.07) is -0.315. The first-order valence-corrected chi connectivity index (χ1v) is 9.19. The Labute approximate surface area is 139 Å². The first kappa shape index (κ1) is 19.0. The number of sulfonamides is 1. The summed E-state index contributed by atoms with van der Waals surface area (Å²) >= 11 is 0. The van der Waals surface area contributed by atoms with Gasteiger partial charge in [0, 0.05) is 11.6 Å². The van der Waals surface area contributed by atoms with Crippen molar-refractivity contribution in [3.8, 4) is 0 Å². The van der Waals surface area contributed by atoms with E-state index in [1.54, 1.807) is 0 Å². The molecule has 1 saturated carbocycles. The largest absolute Gasteiger partial charge is 0.469 e. The summed E-state index contributed by atoms with van der Waals surface area (Å²) in [7, 11) is -2.50. The van der Waals surface area contributed by atoms with Crippen LogP contribution in [0.2, 0.25) is 0 Å². The minimum absolute atomic E-state index is 0.0365. The molecule has 24 heavy (non-hydrogen) atoms. The number of carbonyl (C=O) groups excluding carboxylic acids is 1. The second-order valence-electron chi connectivity index (χ2n) is 6.02. The van der Waals surface area contributed by atoms with Crippen LogP contribution >= 0.6 is 0 Å². The molecule has 0 spiro atoms. The van der Waals surface area contributed by atoms with Crippen molar-refractivity contribution in [3.05, 3.63) is 22.6 Å². The Morgan fingerprint density at radius 3 is 2.25 bits per heavy atom. The third kappa shape index (κ3) is 4.60. The SMILES string of the molecule is COC(=O)[C@H]1CC[C@H](NS(=O)(=O)C2=CC=C(C(F)(F)F)CC2)CC1. The molecule has 0 aromatic heterocycles. The predicted molar refractivity (Wildman–Crippen MR) is 81.3 cm³/mol. The smallest absolute Gasteiger partial charge is 0.412 e. The molecule has 136 valence electrons. The van der Waals surface area contributed by atoms with Gasteiger partial charge in [0.2, 0.25) is 10.0 Å². The van der Waals surface area contributed by atoms with Crippen molar-refractivity contribution in [1.29, 1.82) is 0 Å². The maximum absolute atomic E-state index is 12.6. The second kappa shape index (κ2) is 7.26. The van der Waals surface area contributed by atoms with Crippen molar-refractivity contribution in [2.45, 2.75) is 50.7 Å². The van der Waals surface area contributed by atoms with E-state index in [9.17, 15) is 26.4 Å². The maximum atomic E-state index is 12.6. The van der Waals surface area contributed by atoms with E-state index in [1.165, 1.54) is 7.11 Å². The number of ether oxygens (including phenoxy) is 1. The lowest BCUT2D eigenvalue weighted by molar-refractivity contribution is -0.146. The topological polar surface area (TPSA) is 72.5 Å². The van der Waals surface area contributed by atoms with Crippen molar-refractivity contribution in [2.24, 2.45) is 5.92 Å². The van der Waals surface area contributed by atoms with E-state index in [-0.39, 0.29) is 35.7 Å². The highest BCUT2D eigenvalue weighted by Crippen LogP contribution is 2.34. The number of nitrogens with one attached hydrogen (secondary N) is 1. The molecule has 0 amide bonds. The van der Waals surface area contributed by atoms with Crippen LogP contribution in [0.1, 0.15) is 38.5 Å². The molecule has 2 rings (SSSR count). The van der Waals surface area contributed by atoms with Crippen LogP contribution in [0.4, 0.5) is 13.2 Å². The third-order valence-corrected chi connectivity index (χ3v) is 6.08. The number of halogens is 3. The van der Waals surface area contributed by atoms with Crippen molar-refractivity contribution in [3.63, 3.8) is 0 Å². The van der Waals surface area contributed by atoms with Crippen molar-refractivity contribution < 1.29 is 31.1 Å². The van der Waals surface area contributed by atoms with Gasteiger partial charge in [-0.25, -0.2) is 13.1 Å². The van der Waals surface area contributed by atoms with Crippen molar-refractivity contribution in [1.82, 2.24) is 4.72 Å². The quantitative estimate of drug-likeness (QED) is 0.776. The summed E-state index contributed by atoms with van der Waals surface area (Å²) in [4.78, 5) is 11.4. The van der Waals surface area contributed by atoms with E-state index >= 15 is 0 Å². The third-order valence-electron chi connectivity index (χ3n) is 4.40. The molecule has 0 heterocycles. The summed E-state index contributed by atoms with van der Waals surface area (Å²) in [6.45, 7) is 0. The first-order chi connectivity index (χ1) is 11.1. The molecular weight excluding hydrogens is 347 g/mol. The molecule has 0 bridgehead atoms. The molecule has 2 aliphatic carbocycles. The Kier molecular flexibility index (Phi) is 5.74. The van der Waals surface area contributed by atoms with Crippen LogP contribution in [0.15, 0.2) is 22.6 Å². The van der Waals surface area contributed by atoms with Gasteiger partial charge in [0.25, 0.3) is 0 Å². The number of esters is 1. The molecule has 1 fully saturated rings. The van der Waals surface area contributed by atoms with E-state index in [4.69, 9.17) is 0 Å². The van der Waals surface area contributed by atoms with E-state index in [0.717, 1.165) is 12.2 Å². The molecule has 5 nitrogen and oxygen atoms in total. The lowest BCUT2D eigenvalue weighted by Crippen LogP contribution is -2.39. The Hall–Kier alpha value is -1.35. The Bertz CT molecular complexity index is 644. The molecule has 0 radical (unpaired) electrons.